The van der Waals surface area contributed by atoms with Gasteiger partial charge in [0.05, 0.1) is 17.7 Å². The van der Waals surface area contributed by atoms with Crippen LogP contribution in [0.25, 0.3) is 5.76 Å². The molecule has 2 aromatic rings. The first kappa shape index (κ1) is 19.1. The number of Topliss-reactive ketones (excluding diaryl/α,β-unsaturated/α-hetero) is 1. The monoisotopic (exact) mass is 385 g/mol. The molecule has 1 aliphatic heterocycles. The Morgan fingerprint density at radius 2 is 1.70 bits per heavy atom. The largest absolute Gasteiger partial charge is 0.507 e. The molecule has 6 heteroatoms. The van der Waals surface area contributed by atoms with Crippen molar-refractivity contribution in [3.05, 3.63) is 75.8 Å². The van der Waals surface area contributed by atoms with Gasteiger partial charge in [0.15, 0.2) is 0 Å². The third-order valence-electron chi connectivity index (χ3n) is 4.51. The average Bonchev–Trinajstić information content (AvgIpc) is 2.87. The maximum Gasteiger partial charge on any atom is 0.295 e. The van der Waals surface area contributed by atoms with E-state index in [0.717, 1.165) is 5.56 Å². The first-order valence-corrected chi connectivity index (χ1v) is 8.96. The van der Waals surface area contributed by atoms with E-state index in [0.29, 0.717) is 16.1 Å². The van der Waals surface area contributed by atoms with Crippen LogP contribution < -0.4 is 0 Å². The number of aliphatic hydroxyl groups excluding tert-OH is 2. The molecular weight excluding hydrogens is 366 g/mol. The van der Waals surface area contributed by atoms with E-state index in [1.165, 1.54) is 11.8 Å². The second kappa shape index (κ2) is 7.55. The Kier molecular flexibility index (Phi) is 5.35. The molecule has 0 spiro atoms. The van der Waals surface area contributed by atoms with Crippen molar-refractivity contribution >= 4 is 29.1 Å². The third kappa shape index (κ3) is 3.75. The molecule has 1 fully saturated rings. The molecule has 3 rings (SSSR count). The predicted octanol–water partition coefficient (Wildman–Crippen LogP) is 3.45. The Morgan fingerprint density at radius 3 is 2.26 bits per heavy atom. The van der Waals surface area contributed by atoms with Crippen molar-refractivity contribution in [3.63, 3.8) is 0 Å². The molecule has 1 amide bonds. The van der Waals surface area contributed by atoms with E-state index >= 15 is 0 Å². The molecule has 140 valence electrons. The summed E-state index contributed by atoms with van der Waals surface area (Å²) in [5.41, 5.74) is 2.10. The zero-order valence-corrected chi connectivity index (χ0v) is 15.8. The van der Waals surface area contributed by atoms with Crippen LogP contribution in [-0.2, 0) is 9.59 Å². The maximum absolute atomic E-state index is 12.7. The van der Waals surface area contributed by atoms with E-state index in [1.54, 1.807) is 36.4 Å². The van der Waals surface area contributed by atoms with Crippen molar-refractivity contribution in [2.24, 2.45) is 0 Å². The highest BCUT2D eigenvalue weighted by atomic mass is 35.5. The number of benzene rings is 2. The van der Waals surface area contributed by atoms with E-state index in [-0.39, 0.29) is 17.9 Å². The Bertz CT molecular complexity index is 901. The zero-order chi connectivity index (χ0) is 19.7. The summed E-state index contributed by atoms with van der Waals surface area (Å²) in [6.45, 7) is 3.43. The zero-order valence-electron chi connectivity index (χ0n) is 15.0. The van der Waals surface area contributed by atoms with E-state index in [4.69, 9.17) is 11.6 Å². The lowest BCUT2D eigenvalue weighted by Crippen LogP contribution is -2.35. The molecule has 0 bridgehead atoms. The van der Waals surface area contributed by atoms with Gasteiger partial charge in [0.25, 0.3) is 11.7 Å². The summed E-state index contributed by atoms with van der Waals surface area (Å²) in [5.74, 6) is -1.75. The molecule has 0 saturated carbocycles. The summed E-state index contributed by atoms with van der Waals surface area (Å²) < 4.78 is 0. The number of hydrogen-bond donors (Lipinski definition) is 2. The summed E-state index contributed by atoms with van der Waals surface area (Å²) in [5, 5.41) is 21.1. The second-order valence-corrected chi connectivity index (χ2v) is 7.15. The summed E-state index contributed by atoms with van der Waals surface area (Å²) >= 11 is 5.96. The van der Waals surface area contributed by atoms with Crippen LogP contribution >= 0.6 is 11.6 Å². The predicted molar refractivity (Wildman–Crippen MR) is 103 cm³/mol. The smallest absolute Gasteiger partial charge is 0.295 e. The van der Waals surface area contributed by atoms with Crippen LogP contribution in [0.15, 0.2) is 54.1 Å². The van der Waals surface area contributed by atoms with Crippen LogP contribution in [0.4, 0.5) is 0 Å². The minimum Gasteiger partial charge on any atom is -0.507 e. The lowest BCUT2D eigenvalue weighted by atomic mass is 9.95. The summed E-state index contributed by atoms with van der Waals surface area (Å²) in [4.78, 5) is 26.6. The molecule has 2 atom stereocenters. The van der Waals surface area contributed by atoms with Crippen LogP contribution in [-0.4, -0.2) is 39.5 Å². The highest BCUT2D eigenvalue weighted by Crippen LogP contribution is 2.39. The van der Waals surface area contributed by atoms with Crippen molar-refractivity contribution in [2.45, 2.75) is 26.0 Å². The fourth-order valence-electron chi connectivity index (χ4n) is 3.21. The first-order valence-electron chi connectivity index (χ1n) is 8.58. The molecule has 1 heterocycles. The molecule has 2 N–H and O–H groups in total. The SMILES string of the molecule is Cc1ccc(C(O)=C2C(=O)C(=O)N(C[C@H](C)O)[C@@H]2c2ccc(Cl)cc2)cc1. The lowest BCUT2D eigenvalue weighted by molar-refractivity contribution is -0.140. The number of nitrogens with zero attached hydrogens (tertiary/aromatic N) is 1. The number of β-amino-alcohol motifs (C(OH)–C–C–N with tert-alkyl or cyclic N) is 1. The van der Waals surface area contributed by atoms with Crippen LogP contribution in [0.3, 0.4) is 0 Å². The van der Waals surface area contributed by atoms with Crippen molar-refractivity contribution in [1.82, 2.24) is 4.90 Å². The number of hydrogen-bond acceptors (Lipinski definition) is 4. The first-order chi connectivity index (χ1) is 12.8. The van der Waals surface area contributed by atoms with E-state index < -0.39 is 23.8 Å². The molecule has 0 unspecified atom stereocenters. The number of amides is 1. The normalized spacial score (nSPS) is 20.1. The van der Waals surface area contributed by atoms with Gasteiger partial charge in [-0.3, -0.25) is 9.59 Å². The number of halogens is 1. The van der Waals surface area contributed by atoms with Gasteiger partial charge in [0, 0.05) is 17.1 Å². The van der Waals surface area contributed by atoms with E-state index in [9.17, 15) is 19.8 Å². The number of aryl methyl sites for hydroxylation is 1. The van der Waals surface area contributed by atoms with Crippen LogP contribution in [0, 0.1) is 6.92 Å². The number of likely N-dealkylation sites (tertiary alicyclic amines) is 1. The Hall–Kier alpha value is -2.63. The highest BCUT2D eigenvalue weighted by molar-refractivity contribution is 6.46. The van der Waals surface area contributed by atoms with Crippen molar-refractivity contribution in [3.8, 4) is 0 Å². The number of aliphatic hydroxyl groups is 2. The Labute approximate surface area is 162 Å². The van der Waals surface area contributed by atoms with E-state index in [2.05, 4.69) is 0 Å². The van der Waals surface area contributed by atoms with Gasteiger partial charge in [-0.05, 0) is 31.5 Å². The van der Waals surface area contributed by atoms with Gasteiger partial charge >= 0.3 is 0 Å². The maximum atomic E-state index is 12.7. The number of ketones is 1. The average molecular weight is 386 g/mol. The summed E-state index contributed by atoms with van der Waals surface area (Å²) in [6.07, 6.45) is -0.822. The Morgan fingerprint density at radius 1 is 1.11 bits per heavy atom. The minimum absolute atomic E-state index is 0.00632. The van der Waals surface area contributed by atoms with Gasteiger partial charge in [-0.25, -0.2) is 0 Å². The van der Waals surface area contributed by atoms with E-state index in [1.807, 2.05) is 19.1 Å². The van der Waals surface area contributed by atoms with Gasteiger partial charge < -0.3 is 15.1 Å². The van der Waals surface area contributed by atoms with Gasteiger partial charge in [-0.15, -0.1) is 0 Å². The van der Waals surface area contributed by atoms with Gasteiger partial charge in [-0.1, -0.05) is 53.6 Å². The molecule has 0 radical (unpaired) electrons. The van der Waals surface area contributed by atoms with Crippen LogP contribution in [0.2, 0.25) is 5.02 Å². The molecule has 1 saturated heterocycles. The van der Waals surface area contributed by atoms with Crippen LogP contribution in [0.1, 0.15) is 29.7 Å². The summed E-state index contributed by atoms with van der Waals surface area (Å²) in [7, 11) is 0. The number of carbonyl (C=O) groups is 2. The molecule has 5 nitrogen and oxygen atoms in total. The number of rotatable bonds is 4. The topological polar surface area (TPSA) is 77.8 Å². The fourth-order valence-corrected chi connectivity index (χ4v) is 3.34. The van der Waals surface area contributed by atoms with Gasteiger partial charge in [-0.2, -0.15) is 0 Å². The molecule has 0 aliphatic carbocycles. The van der Waals surface area contributed by atoms with Crippen LogP contribution in [0.5, 0.6) is 0 Å². The minimum atomic E-state index is -0.822. The molecule has 27 heavy (non-hydrogen) atoms. The molecule has 2 aromatic carbocycles. The van der Waals surface area contributed by atoms with Gasteiger partial charge in [0.1, 0.15) is 5.76 Å². The number of carbonyl (C=O) groups excluding carboxylic acids is 2. The standard InChI is InChI=1S/C21H20ClNO4/c1-12-3-5-15(6-4-12)19(25)17-18(14-7-9-16(22)10-8-14)23(11-13(2)24)21(27)20(17)26/h3-10,13,18,24-25H,11H2,1-2H3/t13-,18+/m0/s1. The summed E-state index contributed by atoms with van der Waals surface area (Å²) in [6, 6.07) is 13.0. The third-order valence-corrected chi connectivity index (χ3v) is 4.76. The second-order valence-electron chi connectivity index (χ2n) is 6.72. The molecule has 0 aromatic heterocycles. The van der Waals surface area contributed by atoms with Crippen molar-refractivity contribution in [1.29, 1.82) is 0 Å². The van der Waals surface area contributed by atoms with Crippen molar-refractivity contribution in [2.75, 3.05) is 6.54 Å². The molecule has 1 aliphatic rings. The quantitative estimate of drug-likeness (QED) is 0.480. The highest BCUT2D eigenvalue weighted by Gasteiger charge is 2.46. The lowest BCUT2D eigenvalue weighted by Gasteiger charge is -2.26. The van der Waals surface area contributed by atoms with Crippen molar-refractivity contribution < 1.29 is 19.8 Å². The van der Waals surface area contributed by atoms with Gasteiger partial charge in [0.2, 0.25) is 0 Å². The Balaban J connectivity index is 2.17. The fraction of sp³-hybridized carbons (Fsp3) is 0.238. The molecular formula is C21H20ClNO4.